The van der Waals surface area contributed by atoms with Gasteiger partial charge in [0.25, 0.3) is 6.43 Å². The van der Waals surface area contributed by atoms with Crippen molar-refractivity contribution < 1.29 is 28.2 Å². The Balaban J connectivity index is 2.12. The third kappa shape index (κ3) is 3.88. The average Bonchev–Trinajstić information content (AvgIpc) is 2.48. The maximum absolute atomic E-state index is 12.1. The molecule has 0 saturated heterocycles. The van der Waals surface area contributed by atoms with Gasteiger partial charge in [0.05, 0.1) is 12.0 Å². The van der Waals surface area contributed by atoms with Crippen LogP contribution in [0.2, 0.25) is 0 Å². The largest absolute Gasteiger partial charge is 0.507 e. The zero-order valence-corrected chi connectivity index (χ0v) is 11.3. The lowest BCUT2D eigenvalue weighted by Gasteiger charge is -2.08. The molecule has 0 heterocycles. The Bertz CT molecular complexity index is 684. The monoisotopic (exact) mass is 306 g/mol. The number of rotatable bonds is 6. The van der Waals surface area contributed by atoms with Crippen LogP contribution in [-0.2, 0) is 4.79 Å². The summed E-state index contributed by atoms with van der Waals surface area (Å²) < 4.78 is 29.7. The fourth-order valence-electron chi connectivity index (χ4n) is 1.77. The highest BCUT2D eigenvalue weighted by molar-refractivity contribution is 6.10. The minimum Gasteiger partial charge on any atom is -0.507 e. The molecule has 0 aromatic heterocycles. The predicted octanol–water partition coefficient (Wildman–Crippen LogP) is 3.59. The lowest BCUT2D eigenvalue weighted by atomic mass is 10.0. The summed E-state index contributed by atoms with van der Waals surface area (Å²) in [6, 6.07) is 12.6. The van der Waals surface area contributed by atoms with Gasteiger partial charge in [0, 0.05) is 6.07 Å². The van der Waals surface area contributed by atoms with Crippen molar-refractivity contribution in [2.24, 2.45) is 0 Å². The summed E-state index contributed by atoms with van der Waals surface area (Å²) in [7, 11) is 0. The van der Waals surface area contributed by atoms with Crippen molar-refractivity contribution in [3.8, 4) is 17.2 Å². The van der Waals surface area contributed by atoms with Gasteiger partial charge in [-0.1, -0.05) is 18.2 Å². The lowest BCUT2D eigenvalue weighted by Crippen LogP contribution is -2.15. The SMILES string of the molecule is O=C(CC(=O)C(F)F)c1ccc(Oc2ccccc2)cc1O. The number of hydrogen-bond acceptors (Lipinski definition) is 4. The van der Waals surface area contributed by atoms with Gasteiger partial charge in [-0.05, 0) is 24.3 Å². The number of ketones is 2. The highest BCUT2D eigenvalue weighted by atomic mass is 19.3. The molecule has 0 amide bonds. The molecule has 2 aromatic rings. The number of Topliss-reactive ketones (excluding diaryl/α,β-unsaturated/α-hetero) is 2. The van der Waals surface area contributed by atoms with Gasteiger partial charge < -0.3 is 9.84 Å². The number of alkyl halides is 2. The second-order valence-corrected chi connectivity index (χ2v) is 4.46. The van der Waals surface area contributed by atoms with Gasteiger partial charge in [0.2, 0.25) is 5.78 Å². The number of carbonyl (C=O) groups excluding carboxylic acids is 2. The number of hydrogen-bond donors (Lipinski definition) is 1. The Kier molecular flexibility index (Phi) is 4.83. The van der Waals surface area contributed by atoms with Crippen LogP contribution in [0.15, 0.2) is 48.5 Å². The van der Waals surface area contributed by atoms with Crippen LogP contribution in [0.25, 0.3) is 0 Å². The molecule has 0 spiro atoms. The molecule has 0 aliphatic carbocycles. The van der Waals surface area contributed by atoms with Crippen molar-refractivity contribution in [2.45, 2.75) is 12.8 Å². The van der Waals surface area contributed by atoms with E-state index in [-0.39, 0.29) is 11.3 Å². The van der Waals surface area contributed by atoms with E-state index in [9.17, 15) is 23.5 Å². The van der Waals surface area contributed by atoms with Crippen molar-refractivity contribution in [3.63, 3.8) is 0 Å². The highest BCUT2D eigenvalue weighted by Gasteiger charge is 2.22. The summed E-state index contributed by atoms with van der Waals surface area (Å²) in [4.78, 5) is 22.6. The maximum Gasteiger partial charge on any atom is 0.296 e. The second kappa shape index (κ2) is 6.80. The molecule has 22 heavy (non-hydrogen) atoms. The molecule has 114 valence electrons. The zero-order chi connectivity index (χ0) is 16.1. The maximum atomic E-state index is 12.1. The molecule has 0 radical (unpaired) electrons. The standard InChI is InChI=1S/C16H12F2O4/c17-16(18)15(21)9-14(20)12-7-6-11(8-13(12)19)22-10-4-2-1-3-5-10/h1-8,16,19H,9H2. The first-order chi connectivity index (χ1) is 10.5. The van der Waals surface area contributed by atoms with Gasteiger partial charge in [-0.15, -0.1) is 0 Å². The van der Waals surface area contributed by atoms with E-state index < -0.39 is 30.2 Å². The average molecular weight is 306 g/mol. The van der Waals surface area contributed by atoms with Crippen molar-refractivity contribution in [1.82, 2.24) is 0 Å². The first-order valence-corrected chi connectivity index (χ1v) is 6.37. The van der Waals surface area contributed by atoms with Gasteiger partial charge >= 0.3 is 0 Å². The van der Waals surface area contributed by atoms with Crippen LogP contribution in [0.5, 0.6) is 17.2 Å². The number of para-hydroxylation sites is 1. The third-order valence-corrected chi connectivity index (χ3v) is 2.83. The topological polar surface area (TPSA) is 63.6 Å². The number of ether oxygens (including phenoxy) is 1. The summed E-state index contributed by atoms with van der Waals surface area (Å²) in [6.45, 7) is 0. The molecule has 0 aliphatic rings. The van der Waals surface area contributed by atoms with Gasteiger partial charge in [-0.2, -0.15) is 0 Å². The number of phenols is 1. The fourth-order valence-corrected chi connectivity index (χ4v) is 1.77. The minimum absolute atomic E-state index is 0.200. The van der Waals surface area contributed by atoms with E-state index >= 15 is 0 Å². The molecule has 4 nitrogen and oxygen atoms in total. The molecule has 0 atom stereocenters. The van der Waals surface area contributed by atoms with Gasteiger partial charge in [0.15, 0.2) is 5.78 Å². The highest BCUT2D eigenvalue weighted by Crippen LogP contribution is 2.28. The van der Waals surface area contributed by atoms with Crippen LogP contribution in [0.3, 0.4) is 0 Å². The van der Waals surface area contributed by atoms with Gasteiger partial charge in [-0.3, -0.25) is 9.59 Å². The molecule has 2 rings (SSSR count). The summed E-state index contributed by atoms with van der Waals surface area (Å²) in [5.74, 6) is -1.96. The third-order valence-electron chi connectivity index (χ3n) is 2.83. The van der Waals surface area contributed by atoms with Crippen LogP contribution in [0.1, 0.15) is 16.8 Å². The summed E-state index contributed by atoms with van der Waals surface area (Å²) in [5.41, 5.74) is -0.200. The molecular formula is C16H12F2O4. The van der Waals surface area contributed by atoms with Crippen molar-refractivity contribution >= 4 is 11.6 Å². The van der Waals surface area contributed by atoms with E-state index in [1.54, 1.807) is 24.3 Å². The quantitative estimate of drug-likeness (QED) is 0.654. The molecule has 0 fully saturated rings. The summed E-state index contributed by atoms with van der Waals surface area (Å²) >= 11 is 0. The minimum atomic E-state index is -3.20. The fraction of sp³-hybridized carbons (Fsp3) is 0.125. The van der Waals surface area contributed by atoms with Crippen LogP contribution in [0.4, 0.5) is 8.78 Å². The van der Waals surface area contributed by atoms with Crippen LogP contribution < -0.4 is 4.74 Å². The molecule has 1 N–H and O–H groups in total. The van der Waals surface area contributed by atoms with Gasteiger partial charge in [0.1, 0.15) is 17.2 Å². The lowest BCUT2D eigenvalue weighted by molar-refractivity contribution is -0.128. The van der Waals surface area contributed by atoms with E-state index in [1.165, 1.54) is 18.2 Å². The number of benzene rings is 2. The number of aromatic hydroxyl groups is 1. The molecule has 0 saturated carbocycles. The summed E-state index contributed by atoms with van der Waals surface area (Å²) in [6.07, 6.45) is -4.16. The Morgan fingerprint density at radius 2 is 1.73 bits per heavy atom. The van der Waals surface area contributed by atoms with Crippen LogP contribution >= 0.6 is 0 Å². The number of carbonyl (C=O) groups is 2. The smallest absolute Gasteiger partial charge is 0.296 e. The normalized spacial score (nSPS) is 10.5. The van der Waals surface area contributed by atoms with Crippen molar-refractivity contribution in [1.29, 1.82) is 0 Å². The molecule has 6 heteroatoms. The van der Waals surface area contributed by atoms with E-state index in [0.717, 1.165) is 0 Å². The van der Waals surface area contributed by atoms with Crippen molar-refractivity contribution in [2.75, 3.05) is 0 Å². The Labute approximate surface area is 125 Å². The second-order valence-electron chi connectivity index (χ2n) is 4.46. The number of halogens is 2. The van der Waals surface area contributed by atoms with Crippen LogP contribution in [-0.4, -0.2) is 23.1 Å². The van der Waals surface area contributed by atoms with E-state index in [4.69, 9.17) is 4.74 Å². The van der Waals surface area contributed by atoms with E-state index in [0.29, 0.717) is 5.75 Å². The Hall–Kier alpha value is -2.76. The molecule has 0 aliphatic heterocycles. The Morgan fingerprint density at radius 3 is 2.32 bits per heavy atom. The predicted molar refractivity (Wildman–Crippen MR) is 74.6 cm³/mol. The zero-order valence-electron chi connectivity index (χ0n) is 11.3. The van der Waals surface area contributed by atoms with Crippen molar-refractivity contribution in [3.05, 3.63) is 54.1 Å². The Morgan fingerprint density at radius 1 is 1.05 bits per heavy atom. The van der Waals surface area contributed by atoms with Crippen LogP contribution in [0, 0.1) is 0 Å². The molecular weight excluding hydrogens is 294 g/mol. The van der Waals surface area contributed by atoms with E-state index in [2.05, 4.69) is 0 Å². The number of phenolic OH excluding ortho intramolecular Hbond substituents is 1. The van der Waals surface area contributed by atoms with E-state index in [1.807, 2.05) is 6.07 Å². The van der Waals surface area contributed by atoms with Gasteiger partial charge in [-0.25, -0.2) is 8.78 Å². The summed E-state index contributed by atoms with van der Waals surface area (Å²) in [5, 5.41) is 9.79. The molecule has 2 aromatic carbocycles. The first kappa shape index (κ1) is 15.6. The first-order valence-electron chi connectivity index (χ1n) is 6.37. The molecule has 0 bridgehead atoms. The molecule has 0 unspecified atom stereocenters.